The zero-order valence-electron chi connectivity index (χ0n) is 12.1. The topological polar surface area (TPSA) is 99.8 Å². The first kappa shape index (κ1) is 15.6. The number of amides is 2. The third-order valence-electron chi connectivity index (χ3n) is 3.00. The highest BCUT2D eigenvalue weighted by Gasteiger charge is 2.25. The van der Waals surface area contributed by atoms with Crippen molar-refractivity contribution < 1.29 is 14.0 Å². The summed E-state index contributed by atoms with van der Waals surface area (Å²) in [7, 11) is 0. The summed E-state index contributed by atoms with van der Waals surface area (Å²) in [6.45, 7) is 3.60. The molecule has 0 aliphatic rings. The van der Waals surface area contributed by atoms with Crippen molar-refractivity contribution in [3.8, 4) is 0 Å². The van der Waals surface area contributed by atoms with Crippen LogP contribution in [0.5, 0.6) is 0 Å². The van der Waals surface area contributed by atoms with E-state index in [1.54, 1.807) is 13.8 Å². The summed E-state index contributed by atoms with van der Waals surface area (Å²) in [4.78, 5) is 28.1. The number of nitrogens with zero attached hydrogens (tertiary/aromatic N) is 2. The van der Waals surface area contributed by atoms with Crippen molar-refractivity contribution in [1.29, 1.82) is 0 Å². The van der Waals surface area contributed by atoms with Crippen LogP contribution in [0.4, 0.5) is 10.3 Å². The van der Waals surface area contributed by atoms with Gasteiger partial charge in [-0.25, -0.2) is 9.49 Å². The monoisotopic (exact) mass is 305 g/mol. The highest BCUT2D eigenvalue weighted by molar-refractivity contribution is 6.00. The van der Waals surface area contributed by atoms with E-state index in [1.165, 1.54) is 30.6 Å². The van der Waals surface area contributed by atoms with Crippen LogP contribution in [0.25, 0.3) is 0 Å². The summed E-state index contributed by atoms with van der Waals surface area (Å²) in [5.41, 5.74) is 0.277. The number of carbonyl (C=O) groups excluding carboxylic acids is 2. The molecule has 0 saturated carbocycles. The molecule has 22 heavy (non-hydrogen) atoms. The van der Waals surface area contributed by atoms with Gasteiger partial charge in [0.15, 0.2) is 0 Å². The number of rotatable bonds is 5. The molecule has 0 bridgehead atoms. The Labute approximate surface area is 126 Å². The Morgan fingerprint density at radius 3 is 2.45 bits per heavy atom. The van der Waals surface area contributed by atoms with Gasteiger partial charge in [0.25, 0.3) is 5.91 Å². The van der Waals surface area contributed by atoms with Crippen LogP contribution >= 0.6 is 0 Å². The molecule has 1 aromatic heterocycles. The minimum Gasteiger partial charge on any atom is -0.340 e. The van der Waals surface area contributed by atoms with Crippen LogP contribution in [0.3, 0.4) is 0 Å². The van der Waals surface area contributed by atoms with Crippen LogP contribution < -0.4 is 10.6 Å². The van der Waals surface area contributed by atoms with Crippen LogP contribution in [-0.2, 0) is 4.79 Å². The maximum absolute atomic E-state index is 12.9. The average Bonchev–Trinajstić information content (AvgIpc) is 2.97. The van der Waals surface area contributed by atoms with Crippen molar-refractivity contribution in [3.63, 3.8) is 0 Å². The van der Waals surface area contributed by atoms with E-state index >= 15 is 0 Å². The summed E-state index contributed by atoms with van der Waals surface area (Å²) in [6.07, 6.45) is 1.26. The number of halogens is 1. The van der Waals surface area contributed by atoms with Crippen molar-refractivity contribution in [1.82, 2.24) is 20.5 Å². The van der Waals surface area contributed by atoms with Gasteiger partial charge >= 0.3 is 0 Å². The predicted octanol–water partition coefficient (Wildman–Crippen LogP) is 1.34. The molecule has 0 aliphatic carbocycles. The summed E-state index contributed by atoms with van der Waals surface area (Å²) < 4.78 is 12.9. The molecule has 0 saturated heterocycles. The van der Waals surface area contributed by atoms with Gasteiger partial charge in [0.1, 0.15) is 18.2 Å². The highest BCUT2D eigenvalue weighted by atomic mass is 19.1. The van der Waals surface area contributed by atoms with Gasteiger partial charge in [-0.3, -0.25) is 14.9 Å². The van der Waals surface area contributed by atoms with Gasteiger partial charge in [-0.05, 0) is 30.2 Å². The molecule has 0 radical (unpaired) electrons. The summed E-state index contributed by atoms with van der Waals surface area (Å²) in [6, 6.07) is 4.33. The lowest BCUT2D eigenvalue weighted by Crippen LogP contribution is -2.47. The molecule has 1 atom stereocenters. The van der Waals surface area contributed by atoms with Crippen molar-refractivity contribution in [3.05, 3.63) is 42.0 Å². The highest BCUT2D eigenvalue weighted by Crippen LogP contribution is 2.08. The largest absolute Gasteiger partial charge is 0.340 e. The van der Waals surface area contributed by atoms with Crippen molar-refractivity contribution in [2.24, 2.45) is 5.92 Å². The number of hydrogen-bond donors (Lipinski definition) is 3. The zero-order chi connectivity index (χ0) is 16.1. The minimum atomic E-state index is -0.761. The molecule has 0 aliphatic heterocycles. The van der Waals surface area contributed by atoms with E-state index < -0.39 is 23.7 Å². The Kier molecular flexibility index (Phi) is 4.82. The second-order valence-corrected chi connectivity index (χ2v) is 5.03. The Hall–Kier alpha value is -2.77. The van der Waals surface area contributed by atoms with Gasteiger partial charge in [-0.2, -0.15) is 10.1 Å². The van der Waals surface area contributed by atoms with E-state index in [2.05, 4.69) is 25.8 Å². The van der Waals surface area contributed by atoms with Gasteiger partial charge < -0.3 is 5.32 Å². The number of hydrogen-bond acceptors (Lipinski definition) is 4. The molecule has 2 rings (SSSR count). The molecule has 116 valence electrons. The number of aromatic nitrogens is 3. The summed E-state index contributed by atoms with van der Waals surface area (Å²) in [5.74, 6) is -1.24. The average molecular weight is 305 g/mol. The quantitative estimate of drug-likeness (QED) is 0.776. The smallest absolute Gasteiger partial charge is 0.251 e. The molecular formula is C14H16FN5O2. The van der Waals surface area contributed by atoms with Gasteiger partial charge in [0.2, 0.25) is 11.9 Å². The van der Waals surface area contributed by atoms with Gasteiger partial charge in [-0.15, -0.1) is 0 Å². The van der Waals surface area contributed by atoms with E-state index in [0.717, 1.165) is 0 Å². The van der Waals surface area contributed by atoms with E-state index in [9.17, 15) is 14.0 Å². The first-order valence-corrected chi connectivity index (χ1v) is 6.70. The number of H-pyrrole nitrogens is 1. The number of anilines is 1. The molecule has 7 nitrogen and oxygen atoms in total. The molecule has 2 aromatic rings. The lowest BCUT2D eigenvalue weighted by Gasteiger charge is -2.21. The molecule has 2 amide bonds. The molecule has 1 aromatic carbocycles. The van der Waals surface area contributed by atoms with Gasteiger partial charge in [-0.1, -0.05) is 13.8 Å². The van der Waals surface area contributed by atoms with Crippen LogP contribution in [0.1, 0.15) is 24.2 Å². The maximum Gasteiger partial charge on any atom is 0.251 e. The fourth-order valence-electron chi connectivity index (χ4n) is 1.82. The first-order valence-electron chi connectivity index (χ1n) is 6.70. The van der Waals surface area contributed by atoms with E-state index in [0.29, 0.717) is 0 Å². The molecule has 1 heterocycles. The van der Waals surface area contributed by atoms with E-state index in [4.69, 9.17) is 0 Å². The number of aromatic amines is 1. The van der Waals surface area contributed by atoms with Crippen LogP contribution in [0.2, 0.25) is 0 Å². The third kappa shape index (κ3) is 3.87. The van der Waals surface area contributed by atoms with Crippen molar-refractivity contribution in [2.45, 2.75) is 19.9 Å². The molecule has 3 N–H and O–H groups in total. The molecular weight excluding hydrogens is 289 g/mol. The van der Waals surface area contributed by atoms with Crippen LogP contribution in [0, 0.1) is 11.7 Å². The fourth-order valence-corrected chi connectivity index (χ4v) is 1.82. The Balaban J connectivity index is 2.06. The van der Waals surface area contributed by atoms with Crippen LogP contribution in [0.15, 0.2) is 30.6 Å². The molecule has 0 fully saturated rings. The normalized spacial score (nSPS) is 12.0. The van der Waals surface area contributed by atoms with Crippen LogP contribution in [-0.4, -0.2) is 33.0 Å². The third-order valence-corrected chi connectivity index (χ3v) is 3.00. The minimum absolute atomic E-state index is 0.146. The Morgan fingerprint density at radius 1 is 1.23 bits per heavy atom. The standard InChI is InChI=1S/C14H16FN5O2/c1-8(2)11(13(22)19-14-16-7-17-20-14)18-12(21)9-3-5-10(15)6-4-9/h3-8,11H,1-2H3,(H,18,21)(H2,16,17,19,20,22). The zero-order valence-corrected chi connectivity index (χ0v) is 12.1. The van der Waals surface area contributed by atoms with Crippen molar-refractivity contribution >= 4 is 17.8 Å². The maximum atomic E-state index is 12.9. The lowest BCUT2D eigenvalue weighted by atomic mass is 10.0. The predicted molar refractivity (Wildman–Crippen MR) is 77.5 cm³/mol. The first-order chi connectivity index (χ1) is 10.5. The second kappa shape index (κ2) is 6.79. The molecule has 8 heteroatoms. The Morgan fingerprint density at radius 2 is 1.91 bits per heavy atom. The molecule has 0 spiro atoms. The lowest BCUT2D eigenvalue weighted by molar-refractivity contribution is -0.118. The van der Waals surface area contributed by atoms with Crippen molar-refractivity contribution in [2.75, 3.05) is 5.32 Å². The SMILES string of the molecule is CC(C)C(NC(=O)c1ccc(F)cc1)C(=O)Nc1ncn[nH]1. The summed E-state index contributed by atoms with van der Waals surface area (Å²) >= 11 is 0. The van der Waals surface area contributed by atoms with Gasteiger partial charge in [0, 0.05) is 5.56 Å². The number of nitrogens with one attached hydrogen (secondary N) is 3. The number of benzene rings is 1. The summed E-state index contributed by atoms with van der Waals surface area (Å²) in [5, 5.41) is 11.3. The van der Waals surface area contributed by atoms with E-state index in [-0.39, 0.29) is 17.4 Å². The molecule has 1 unspecified atom stereocenters. The fraction of sp³-hybridized carbons (Fsp3) is 0.286. The van der Waals surface area contributed by atoms with E-state index in [1.807, 2.05) is 0 Å². The number of carbonyl (C=O) groups is 2. The Bertz CT molecular complexity index is 640. The van der Waals surface area contributed by atoms with Gasteiger partial charge in [0.05, 0.1) is 0 Å². The second-order valence-electron chi connectivity index (χ2n) is 5.03.